The van der Waals surface area contributed by atoms with E-state index in [1.54, 1.807) is 24.4 Å². The van der Waals surface area contributed by atoms with Crippen LogP contribution in [-0.2, 0) is 10.0 Å². The Kier molecular flexibility index (Phi) is 5.48. The molecular formula is C19H24N6O2S. The third kappa shape index (κ3) is 3.90. The van der Waals surface area contributed by atoms with Crippen molar-refractivity contribution in [1.82, 2.24) is 24.2 Å². The van der Waals surface area contributed by atoms with Crippen LogP contribution in [0.3, 0.4) is 0 Å². The highest BCUT2D eigenvalue weighted by Gasteiger charge is 2.15. The Morgan fingerprint density at radius 3 is 2.50 bits per heavy atom. The average molecular weight is 401 g/mol. The van der Waals surface area contributed by atoms with Crippen LogP contribution in [0.2, 0.25) is 0 Å². The zero-order valence-electron chi connectivity index (χ0n) is 16.6. The fourth-order valence-corrected chi connectivity index (χ4v) is 3.85. The molecule has 0 fully saturated rings. The van der Waals surface area contributed by atoms with E-state index in [0.717, 1.165) is 28.5 Å². The molecule has 148 valence electrons. The smallest absolute Gasteiger partial charge is 0.240 e. The number of rotatable bonds is 6. The van der Waals surface area contributed by atoms with Crippen molar-refractivity contribution in [3.05, 3.63) is 48.0 Å². The quantitative estimate of drug-likeness (QED) is 0.659. The van der Waals surface area contributed by atoms with E-state index in [-0.39, 0.29) is 10.9 Å². The van der Waals surface area contributed by atoms with Gasteiger partial charge in [-0.25, -0.2) is 28.1 Å². The molecule has 0 amide bonds. The molecule has 0 atom stereocenters. The van der Waals surface area contributed by atoms with Crippen molar-refractivity contribution in [2.24, 2.45) is 0 Å². The lowest BCUT2D eigenvalue weighted by molar-refractivity contribution is 0.587. The summed E-state index contributed by atoms with van der Waals surface area (Å²) >= 11 is 0. The van der Waals surface area contributed by atoms with Gasteiger partial charge in [0, 0.05) is 17.9 Å². The monoisotopic (exact) mass is 400 g/mol. The number of aryl methyl sites for hydroxylation is 2. The summed E-state index contributed by atoms with van der Waals surface area (Å²) in [6.07, 6.45) is 3.50. The van der Waals surface area contributed by atoms with Crippen molar-refractivity contribution in [3.63, 3.8) is 0 Å². The van der Waals surface area contributed by atoms with Crippen LogP contribution in [0.15, 0.2) is 41.6 Å². The van der Waals surface area contributed by atoms with Crippen molar-refractivity contribution >= 4 is 21.7 Å². The van der Waals surface area contributed by atoms with Crippen LogP contribution in [0, 0.1) is 13.8 Å². The first-order chi connectivity index (χ1) is 13.2. The van der Waals surface area contributed by atoms with E-state index in [1.807, 2.05) is 26.1 Å². The minimum Gasteiger partial charge on any atom is -0.324 e. The van der Waals surface area contributed by atoms with Crippen molar-refractivity contribution in [2.75, 3.05) is 12.4 Å². The third-order valence-electron chi connectivity index (χ3n) is 4.44. The van der Waals surface area contributed by atoms with Crippen molar-refractivity contribution in [1.29, 1.82) is 0 Å². The van der Waals surface area contributed by atoms with Crippen LogP contribution in [-0.4, -0.2) is 35.0 Å². The molecule has 0 unspecified atom stereocenters. The average Bonchev–Trinajstić information content (AvgIpc) is 3.05. The van der Waals surface area contributed by atoms with E-state index in [0.29, 0.717) is 5.95 Å². The number of nitrogens with zero attached hydrogens (tertiary/aromatic N) is 4. The number of sulfonamides is 1. The summed E-state index contributed by atoms with van der Waals surface area (Å²) in [5.41, 5.74) is 3.19. The SMILES string of the molecule is CNS(=O)(=O)c1ccc(Nc2nccc(-c3cnc(C)n3C(C)C)n2)c(C)c1. The Morgan fingerprint density at radius 2 is 1.86 bits per heavy atom. The maximum Gasteiger partial charge on any atom is 0.240 e. The molecule has 2 N–H and O–H groups in total. The molecule has 3 aromatic rings. The van der Waals surface area contributed by atoms with E-state index in [1.165, 1.54) is 7.05 Å². The van der Waals surface area contributed by atoms with Gasteiger partial charge in [-0.05, 0) is 64.6 Å². The fraction of sp³-hybridized carbons (Fsp3) is 0.316. The van der Waals surface area contributed by atoms with Gasteiger partial charge in [0.2, 0.25) is 16.0 Å². The maximum atomic E-state index is 11.9. The lowest BCUT2D eigenvalue weighted by Crippen LogP contribution is -2.18. The number of anilines is 2. The van der Waals surface area contributed by atoms with Gasteiger partial charge in [0.25, 0.3) is 0 Å². The van der Waals surface area contributed by atoms with Crippen molar-refractivity contribution < 1.29 is 8.42 Å². The van der Waals surface area contributed by atoms with Gasteiger partial charge in [0.15, 0.2) is 0 Å². The maximum absolute atomic E-state index is 11.9. The van der Waals surface area contributed by atoms with E-state index in [2.05, 4.69) is 43.4 Å². The zero-order valence-corrected chi connectivity index (χ0v) is 17.4. The van der Waals surface area contributed by atoms with Gasteiger partial charge >= 0.3 is 0 Å². The Hall–Kier alpha value is -2.78. The third-order valence-corrected chi connectivity index (χ3v) is 5.85. The first kappa shape index (κ1) is 20.0. The zero-order chi connectivity index (χ0) is 20.5. The van der Waals surface area contributed by atoms with E-state index in [4.69, 9.17) is 0 Å². The Balaban J connectivity index is 1.92. The molecule has 1 aromatic carbocycles. The van der Waals surface area contributed by atoms with Crippen LogP contribution in [0.5, 0.6) is 0 Å². The first-order valence-electron chi connectivity index (χ1n) is 8.91. The Morgan fingerprint density at radius 1 is 1.11 bits per heavy atom. The summed E-state index contributed by atoms with van der Waals surface area (Å²) in [4.78, 5) is 13.5. The number of imidazole rings is 1. The molecule has 3 rings (SSSR count). The molecule has 28 heavy (non-hydrogen) atoms. The van der Waals surface area contributed by atoms with E-state index in [9.17, 15) is 8.42 Å². The van der Waals surface area contributed by atoms with Crippen LogP contribution in [0.25, 0.3) is 11.4 Å². The number of hydrogen-bond acceptors (Lipinski definition) is 6. The molecule has 2 heterocycles. The van der Waals surface area contributed by atoms with Crippen molar-refractivity contribution in [2.45, 2.75) is 38.6 Å². The van der Waals surface area contributed by atoms with Crippen LogP contribution < -0.4 is 10.0 Å². The van der Waals surface area contributed by atoms with Crippen molar-refractivity contribution in [3.8, 4) is 11.4 Å². The standard InChI is InChI=1S/C19H24N6O2S/c1-12(2)25-14(4)22-11-18(25)17-8-9-21-19(24-17)23-16-7-6-15(10-13(16)3)28(26,27)20-5/h6-12,20H,1-5H3,(H,21,23,24). The number of nitrogens with one attached hydrogen (secondary N) is 2. The molecule has 0 aliphatic rings. The number of hydrogen-bond donors (Lipinski definition) is 2. The highest BCUT2D eigenvalue weighted by molar-refractivity contribution is 7.89. The molecule has 0 saturated carbocycles. The summed E-state index contributed by atoms with van der Waals surface area (Å²) in [6, 6.07) is 6.96. The topological polar surface area (TPSA) is 102 Å². The predicted molar refractivity (Wildman–Crippen MR) is 109 cm³/mol. The van der Waals surface area contributed by atoms with Gasteiger partial charge in [0.1, 0.15) is 5.82 Å². The molecule has 0 spiro atoms. The summed E-state index contributed by atoms with van der Waals surface area (Å²) in [7, 11) is -2.09. The normalized spacial score (nSPS) is 11.8. The summed E-state index contributed by atoms with van der Waals surface area (Å²) in [5, 5.41) is 3.17. The Labute approximate surface area is 165 Å². The van der Waals surface area contributed by atoms with Crippen LogP contribution in [0.4, 0.5) is 11.6 Å². The second kappa shape index (κ2) is 7.69. The highest BCUT2D eigenvalue weighted by Crippen LogP contribution is 2.25. The van der Waals surface area contributed by atoms with E-state index >= 15 is 0 Å². The summed E-state index contributed by atoms with van der Waals surface area (Å²) in [6.45, 7) is 8.00. The lowest BCUT2D eigenvalue weighted by Gasteiger charge is -2.14. The van der Waals surface area contributed by atoms with Crippen LogP contribution in [0.1, 0.15) is 31.3 Å². The van der Waals surface area contributed by atoms with Gasteiger partial charge in [0.05, 0.1) is 22.5 Å². The highest BCUT2D eigenvalue weighted by atomic mass is 32.2. The molecule has 2 aromatic heterocycles. The van der Waals surface area contributed by atoms with Gasteiger partial charge in [-0.15, -0.1) is 0 Å². The second-order valence-corrected chi connectivity index (χ2v) is 8.62. The van der Waals surface area contributed by atoms with E-state index < -0.39 is 10.0 Å². The van der Waals surface area contributed by atoms with Gasteiger partial charge in [-0.1, -0.05) is 0 Å². The summed E-state index contributed by atoms with van der Waals surface area (Å²) in [5.74, 6) is 1.36. The Bertz CT molecular complexity index is 1110. The second-order valence-electron chi connectivity index (χ2n) is 6.73. The minimum absolute atomic E-state index is 0.212. The predicted octanol–water partition coefficient (Wildman–Crippen LogP) is 3.19. The minimum atomic E-state index is -3.48. The lowest BCUT2D eigenvalue weighted by atomic mass is 10.2. The van der Waals surface area contributed by atoms with Gasteiger partial charge in [-0.2, -0.15) is 0 Å². The molecule has 8 nitrogen and oxygen atoms in total. The van der Waals surface area contributed by atoms with Gasteiger partial charge in [-0.3, -0.25) is 0 Å². The number of aromatic nitrogens is 4. The first-order valence-corrected chi connectivity index (χ1v) is 10.4. The fourth-order valence-electron chi connectivity index (χ4n) is 3.04. The molecule has 0 saturated heterocycles. The van der Waals surface area contributed by atoms with Crippen LogP contribution >= 0.6 is 0 Å². The molecule has 9 heteroatoms. The molecular weight excluding hydrogens is 376 g/mol. The molecule has 0 radical (unpaired) electrons. The molecule has 0 aliphatic heterocycles. The number of benzene rings is 1. The molecule has 0 bridgehead atoms. The van der Waals surface area contributed by atoms with Gasteiger partial charge < -0.3 is 9.88 Å². The largest absolute Gasteiger partial charge is 0.324 e. The molecule has 0 aliphatic carbocycles. The summed E-state index contributed by atoms with van der Waals surface area (Å²) < 4.78 is 28.3.